The zero-order valence-electron chi connectivity index (χ0n) is 14.4. The summed E-state index contributed by atoms with van der Waals surface area (Å²) < 4.78 is 29.0. The van der Waals surface area contributed by atoms with Gasteiger partial charge in [-0.3, -0.25) is 9.48 Å². The number of carbonyl (C=O) groups is 1. The van der Waals surface area contributed by atoms with Crippen LogP contribution < -0.4 is 0 Å². The van der Waals surface area contributed by atoms with E-state index in [1.54, 1.807) is 30.5 Å². The third kappa shape index (κ3) is 3.58. The Morgan fingerprint density at radius 1 is 1.17 bits per heavy atom. The highest BCUT2D eigenvalue weighted by molar-refractivity contribution is 7.89. The van der Waals surface area contributed by atoms with Crippen molar-refractivity contribution in [3.63, 3.8) is 0 Å². The van der Waals surface area contributed by atoms with E-state index < -0.39 is 10.0 Å². The van der Waals surface area contributed by atoms with Crippen LogP contribution in [0.15, 0.2) is 4.90 Å². The van der Waals surface area contributed by atoms with Crippen LogP contribution >= 0.6 is 0 Å². The van der Waals surface area contributed by atoms with Crippen LogP contribution in [0.1, 0.15) is 37.6 Å². The normalized spacial score (nSPS) is 17.3. The van der Waals surface area contributed by atoms with Crippen molar-refractivity contribution in [2.45, 2.75) is 44.9 Å². The van der Waals surface area contributed by atoms with Crippen LogP contribution in [0.25, 0.3) is 0 Å². The standard InChI is InChI=1S/C15H26N4O3S/c1-5-7-14(20)18-8-6-9-19(11-10-18)23(21,22)15-12(2)16-17(4)13(15)3/h5-11H2,1-4H3. The summed E-state index contributed by atoms with van der Waals surface area (Å²) in [6.45, 7) is 7.31. The number of nitrogens with zero attached hydrogens (tertiary/aromatic N) is 4. The van der Waals surface area contributed by atoms with Crippen LogP contribution in [-0.2, 0) is 21.9 Å². The van der Waals surface area contributed by atoms with Crippen molar-refractivity contribution in [3.8, 4) is 0 Å². The van der Waals surface area contributed by atoms with E-state index in [2.05, 4.69) is 5.10 Å². The fourth-order valence-electron chi connectivity index (χ4n) is 3.01. The molecule has 0 atom stereocenters. The van der Waals surface area contributed by atoms with Gasteiger partial charge in [-0.1, -0.05) is 6.92 Å². The Morgan fingerprint density at radius 2 is 1.87 bits per heavy atom. The predicted molar refractivity (Wildman–Crippen MR) is 87.5 cm³/mol. The minimum absolute atomic E-state index is 0.112. The van der Waals surface area contributed by atoms with Gasteiger partial charge in [0.25, 0.3) is 0 Å². The molecule has 23 heavy (non-hydrogen) atoms. The molecule has 7 nitrogen and oxygen atoms in total. The highest BCUT2D eigenvalue weighted by Crippen LogP contribution is 2.24. The quantitative estimate of drug-likeness (QED) is 0.820. The van der Waals surface area contributed by atoms with E-state index in [1.165, 1.54) is 4.31 Å². The predicted octanol–water partition coefficient (Wildman–Crippen LogP) is 1.06. The van der Waals surface area contributed by atoms with Gasteiger partial charge in [0.1, 0.15) is 4.90 Å². The van der Waals surface area contributed by atoms with E-state index in [-0.39, 0.29) is 5.91 Å². The summed E-state index contributed by atoms with van der Waals surface area (Å²) in [6.07, 6.45) is 1.99. The number of hydrogen-bond donors (Lipinski definition) is 0. The monoisotopic (exact) mass is 342 g/mol. The summed E-state index contributed by atoms with van der Waals surface area (Å²) in [5.74, 6) is 0.112. The number of aryl methyl sites for hydroxylation is 2. The fraction of sp³-hybridized carbons (Fsp3) is 0.733. The number of sulfonamides is 1. The number of rotatable bonds is 4. The maximum Gasteiger partial charge on any atom is 0.246 e. The molecule has 0 N–H and O–H groups in total. The number of aromatic nitrogens is 2. The second-order valence-corrected chi connectivity index (χ2v) is 7.89. The van der Waals surface area contributed by atoms with Crippen LogP contribution in [0, 0.1) is 13.8 Å². The Kier molecular flexibility index (Phi) is 5.46. The van der Waals surface area contributed by atoms with Crippen molar-refractivity contribution in [3.05, 3.63) is 11.4 Å². The largest absolute Gasteiger partial charge is 0.341 e. The van der Waals surface area contributed by atoms with Crippen molar-refractivity contribution >= 4 is 15.9 Å². The molecule has 1 amide bonds. The lowest BCUT2D eigenvalue weighted by atomic mass is 10.3. The second kappa shape index (κ2) is 7.00. The molecule has 0 radical (unpaired) electrons. The molecule has 1 saturated heterocycles. The van der Waals surface area contributed by atoms with Gasteiger partial charge < -0.3 is 4.90 Å². The Balaban J connectivity index is 2.20. The van der Waals surface area contributed by atoms with E-state index in [4.69, 9.17) is 0 Å². The molecule has 1 fully saturated rings. The third-order valence-corrected chi connectivity index (χ3v) is 6.46. The van der Waals surface area contributed by atoms with E-state index in [9.17, 15) is 13.2 Å². The SMILES string of the molecule is CCCC(=O)N1CCCN(S(=O)(=O)c2c(C)nn(C)c2C)CC1. The molecule has 8 heteroatoms. The molecular weight excluding hydrogens is 316 g/mol. The molecule has 1 aromatic rings. The first-order valence-electron chi connectivity index (χ1n) is 8.07. The highest BCUT2D eigenvalue weighted by Gasteiger charge is 2.32. The molecule has 0 bridgehead atoms. The molecule has 1 aromatic heterocycles. The molecule has 1 aliphatic rings. The lowest BCUT2D eigenvalue weighted by molar-refractivity contribution is -0.131. The Bertz CT molecular complexity index is 681. The van der Waals surface area contributed by atoms with Crippen molar-refractivity contribution in [2.24, 2.45) is 7.05 Å². The first-order valence-corrected chi connectivity index (χ1v) is 9.51. The van der Waals surface area contributed by atoms with Gasteiger partial charge >= 0.3 is 0 Å². The summed E-state index contributed by atoms with van der Waals surface area (Å²) in [5, 5.41) is 4.21. The van der Waals surface area contributed by atoms with Gasteiger partial charge in [0.15, 0.2) is 0 Å². The maximum atomic E-state index is 13.0. The van der Waals surface area contributed by atoms with Crippen LogP contribution in [-0.4, -0.2) is 59.5 Å². The first-order chi connectivity index (χ1) is 10.8. The maximum absolute atomic E-state index is 13.0. The molecule has 0 saturated carbocycles. The lowest BCUT2D eigenvalue weighted by Crippen LogP contribution is -2.37. The van der Waals surface area contributed by atoms with E-state index in [0.29, 0.717) is 55.3 Å². The van der Waals surface area contributed by atoms with Gasteiger partial charge in [-0.05, 0) is 26.7 Å². The Hall–Kier alpha value is -1.41. The van der Waals surface area contributed by atoms with E-state index >= 15 is 0 Å². The van der Waals surface area contributed by atoms with Gasteiger partial charge in [-0.2, -0.15) is 9.40 Å². The second-order valence-electron chi connectivity index (χ2n) is 6.01. The van der Waals surface area contributed by atoms with Gasteiger partial charge in [0, 0.05) is 39.6 Å². The van der Waals surface area contributed by atoms with Crippen LogP contribution in [0.4, 0.5) is 0 Å². The summed E-state index contributed by atoms with van der Waals surface area (Å²) in [6, 6.07) is 0. The van der Waals surface area contributed by atoms with E-state index in [0.717, 1.165) is 6.42 Å². The minimum Gasteiger partial charge on any atom is -0.341 e. The average Bonchev–Trinajstić information content (AvgIpc) is 2.68. The molecule has 1 aliphatic heterocycles. The summed E-state index contributed by atoms with van der Waals surface area (Å²) in [7, 11) is -1.83. The number of carbonyl (C=O) groups excluding carboxylic acids is 1. The molecule has 0 aliphatic carbocycles. The number of hydrogen-bond acceptors (Lipinski definition) is 4. The van der Waals surface area contributed by atoms with Crippen molar-refractivity contribution in [1.29, 1.82) is 0 Å². The number of amides is 1. The molecule has 2 heterocycles. The smallest absolute Gasteiger partial charge is 0.246 e. The molecule has 0 spiro atoms. The Labute approximate surface area is 138 Å². The summed E-state index contributed by atoms with van der Waals surface area (Å²) >= 11 is 0. The molecule has 0 aromatic carbocycles. The van der Waals surface area contributed by atoms with Crippen molar-refractivity contribution < 1.29 is 13.2 Å². The third-order valence-electron chi connectivity index (χ3n) is 4.31. The van der Waals surface area contributed by atoms with Gasteiger partial charge in [0.05, 0.1) is 11.4 Å². The average molecular weight is 342 g/mol. The summed E-state index contributed by atoms with van der Waals surface area (Å²) in [4.78, 5) is 14.1. The topological polar surface area (TPSA) is 75.5 Å². The minimum atomic E-state index is -3.58. The fourth-order valence-corrected chi connectivity index (χ4v) is 4.88. The van der Waals surface area contributed by atoms with Gasteiger partial charge in [-0.15, -0.1) is 0 Å². The zero-order chi connectivity index (χ0) is 17.2. The first kappa shape index (κ1) is 17.9. The van der Waals surface area contributed by atoms with Crippen LogP contribution in [0.5, 0.6) is 0 Å². The van der Waals surface area contributed by atoms with Crippen molar-refractivity contribution in [2.75, 3.05) is 26.2 Å². The van der Waals surface area contributed by atoms with Crippen LogP contribution in [0.2, 0.25) is 0 Å². The molecule has 0 unspecified atom stereocenters. The Morgan fingerprint density at radius 3 is 2.43 bits per heavy atom. The lowest BCUT2D eigenvalue weighted by Gasteiger charge is -2.22. The highest BCUT2D eigenvalue weighted by atomic mass is 32.2. The summed E-state index contributed by atoms with van der Waals surface area (Å²) in [5.41, 5.74) is 1.17. The van der Waals surface area contributed by atoms with Crippen LogP contribution in [0.3, 0.4) is 0 Å². The van der Waals surface area contributed by atoms with Crippen molar-refractivity contribution in [1.82, 2.24) is 19.0 Å². The molecular formula is C15H26N4O3S. The van der Waals surface area contributed by atoms with Gasteiger partial charge in [0.2, 0.25) is 15.9 Å². The zero-order valence-corrected chi connectivity index (χ0v) is 15.2. The molecule has 2 rings (SSSR count). The van der Waals surface area contributed by atoms with E-state index in [1.807, 2.05) is 6.92 Å². The molecule has 130 valence electrons. The van der Waals surface area contributed by atoms with Gasteiger partial charge in [-0.25, -0.2) is 8.42 Å².